The summed E-state index contributed by atoms with van der Waals surface area (Å²) in [4.78, 5) is 0. The Labute approximate surface area is 118 Å². The van der Waals surface area contributed by atoms with Gasteiger partial charge in [0, 0.05) is 23.5 Å². The second-order valence-electron chi connectivity index (χ2n) is 5.21. The number of aromatic hydroxyl groups is 1. The molecule has 2 N–H and O–H groups in total. The molecular weight excluding hydrogens is 258 g/mol. The summed E-state index contributed by atoms with van der Waals surface area (Å²) in [5.74, 6) is 0.308. The van der Waals surface area contributed by atoms with Crippen molar-refractivity contribution in [3.8, 4) is 5.75 Å². The van der Waals surface area contributed by atoms with Crippen molar-refractivity contribution in [2.75, 3.05) is 13.1 Å². The van der Waals surface area contributed by atoms with Crippen LogP contribution in [0.4, 0.5) is 0 Å². The molecule has 98 valence electrons. The van der Waals surface area contributed by atoms with Gasteiger partial charge in [-0.25, -0.2) is 0 Å². The van der Waals surface area contributed by atoms with Gasteiger partial charge in [-0.2, -0.15) is 0 Å². The van der Waals surface area contributed by atoms with E-state index in [4.69, 9.17) is 11.6 Å². The average Bonchev–Trinajstić information content (AvgIpc) is 2.37. The maximum atomic E-state index is 9.35. The molecule has 1 aliphatic heterocycles. The third-order valence-electron chi connectivity index (χ3n) is 3.85. The van der Waals surface area contributed by atoms with Crippen molar-refractivity contribution < 1.29 is 5.11 Å². The van der Waals surface area contributed by atoms with E-state index in [1.54, 1.807) is 12.1 Å². The molecule has 19 heavy (non-hydrogen) atoms. The summed E-state index contributed by atoms with van der Waals surface area (Å²) in [5.41, 5.74) is 2.51. The molecule has 2 aromatic carbocycles. The highest BCUT2D eigenvalue weighted by atomic mass is 35.5. The van der Waals surface area contributed by atoms with E-state index in [0.29, 0.717) is 5.75 Å². The van der Waals surface area contributed by atoms with Gasteiger partial charge in [-0.3, -0.25) is 0 Å². The molecule has 1 saturated heterocycles. The van der Waals surface area contributed by atoms with Crippen molar-refractivity contribution >= 4 is 11.6 Å². The molecule has 0 aromatic heterocycles. The first-order chi connectivity index (χ1) is 9.20. The topological polar surface area (TPSA) is 32.3 Å². The SMILES string of the molecule is Oc1ccc(CC2(c3ccccc3Cl)CNC2)cc1. The predicted molar refractivity (Wildman–Crippen MR) is 77.8 cm³/mol. The third-order valence-corrected chi connectivity index (χ3v) is 4.18. The molecule has 0 atom stereocenters. The second-order valence-corrected chi connectivity index (χ2v) is 5.61. The fraction of sp³-hybridized carbons (Fsp3) is 0.250. The highest BCUT2D eigenvalue weighted by molar-refractivity contribution is 6.31. The Hall–Kier alpha value is -1.51. The Morgan fingerprint density at radius 2 is 1.74 bits per heavy atom. The number of halogens is 1. The Kier molecular flexibility index (Phi) is 3.21. The zero-order valence-corrected chi connectivity index (χ0v) is 11.3. The van der Waals surface area contributed by atoms with Crippen LogP contribution in [0.25, 0.3) is 0 Å². The van der Waals surface area contributed by atoms with Crippen LogP contribution in [0.2, 0.25) is 5.02 Å². The second kappa shape index (κ2) is 4.87. The van der Waals surface area contributed by atoms with E-state index in [1.165, 1.54) is 11.1 Å². The van der Waals surface area contributed by atoms with Crippen LogP contribution in [0, 0.1) is 0 Å². The highest BCUT2D eigenvalue weighted by Crippen LogP contribution is 2.36. The summed E-state index contributed by atoms with van der Waals surface area (Å²) >= 11 is 6.34. The molecule has 1 fully saturated rings. The normalized spacial score (nSPS) is 16.9. The van der Waals surface area contributed by atoms with Crippen LogP contribution in [0.15, 0.2) is 48.5 Å². The van der Waals surface area contributed by atoms with Crippen molar-refractivity contribution in [3.63, 3.8) is 0 Å². The number of benzene rings is 2. The lowest BCUT2D eigenvalue weighted by atomic mass is 9.71. The number of hydrogen-bond acceptors (Lipinski definition) is 2. The summed E-state index contributed by atoms with van der Waals surface area (Å²) in [5, 5.41) is 13.5. The molecule has 0 unspecified atom stereocenters. The Bertz CT molecular complexity index is 576. The third kappa shape index (κ3) is 2.34. The molecule has 0 saturated carbocycles. The van der Waals surface area contributed by atoms with Crippen LogP contribution in [0.1, 0.15) is 11.1 Å². The Morgan fingerprint density at radius 1 is 1.05 bits per heavy atom. The van der Waals surface area contributed by atoms with Crippen LogP contribution in [-0.2, 0) is 11.8 Å². The maximum absolute atomic E-state index is 9.35. The van der Waals surface area contributed by atoms with E-state index >= 15 is 0 Å². The van der Waals surface area contributed by atoms with Gasteiger partial charge in [0.2, 0.25) is 0 Å². The van der Waals surface area contributed by atoms with Gasteiger partial charge in [0.1, 0.15) is 5.75 Å². The van der Waals surface area contributed by atoms with E-state index in [9.17, 15) is 5.11 Å². The largest absolute Gasteiger partial charge is 0.508 e. The lowest BCUT2D eigenvalue weighted by Gasteiger charge is -2.44. The first-order valence-corrected chi connectivity index (χ1v) is 6.81. The predicted octanol–water partition coefficient (Wildman–Crippen LogP) is 3.13. The number of hydrogen-bond donors (Lipinski definition) is 2. The van der Waals surface area contributed by atoms with Gasteiger partial charge in [0.25, 0.3) is 0 Å². The minimum Gasteiger partial charge on any atom is -0.508 e. The van der Waals surface area contributed by atoms with E-state index < -0.39 is 0 Å². The van der Waals surface area contributed by atoms with Crippen LogP contribution < -0.4 is 5.32 Å². The quantitative estimate of drug-likeness (QED) is 0.901. The minimum atomic E-state index is 0.0787. The standard InChI is InChI=1S/C16H16ClNO/c17-15-4-2-1-3-14(15)16(10-18-11-16)9-12-5-7-13(19)8-6-12/h1-8,18-19H,9-11H2. The molecule has 0 aliphatic carbocycles. The van der Waals surface area contributed by atoms with E-state index in [2.05, 4.69) is 11.4 Å². The summed E-state index contributed by atoms with van der Waals surface area (Å²) in [7, 11) is 0. The van der Waals surface area contributed by atoms with Crippen molar-refractivity contribution in [2.45, 2.75) is 11.8 Å². The molecule has 2 nitrogen and oxygen atoms in total. The van der Waals surface area contributed by atoms with Crippen molar-refractivity contribution in [1.82, 2.24) is 5.32 Å². The van der Waals surface area contributed by atoms with Crippen LogP contribution in [0.3, 0.4) is 0 Å². The Balaban J connectivity index is 1.92. The van der Waals surface area contributed by atoms with Gasteiger partial charge in [0.15, 0.2) is 0 Å². The molecule has 3 rings (SSSR count). The molecular formula is C16H16ClNO. The molecule has 0 spiro atoms. The highest BCUT2D eigenvalue weighted by Gasteiger charge is 2.39. The van der Waals surface area contributed by atoms with Gasteiger partial charge in [-0.15, -0.1) is 0 Å². The van der Waals surface area contributed by atoms with E-state index in [0.717, 1.165) is 24.5 Å². The number of phenols is 1. The van der Waals surface area contributed by atoms with Gasteiger partial charge in [0.05, 0.1) is 0 Å². The van der Waals surface area contributed by atoms with Gasteiger partial charge in [-0.1, -0.05) is 41.9 Å². The van der Waals surface area contributed by atoms with Gasteiger partial charge in [-0.05, 0) is 35.7 Å². The number of nitrogens with one attached hydrogen (secondary N) is 1. The molecule has 0 bridgehead atoms. The molecule has 0 radical (unpaired) electrons. The minimum absolute atomic E-state index is 0.0787. The molecule has 0 amide bonds. The molecule has 1 heterocycles. The first-order valence-electron chi connectivity index (χ1n) is 6.43. The first kappa shape index (κ1) is 12.5. The smallest absolute Gasteiger partial charge is 0.115 e. The number of phenolic OH excluding ortho intramolecular Hbond substituents is 1. The molecule has 2 aromatic rings. The van der Waals surface area contributed by atoms with Crippen molar-refractivity contribution in [3.05, 3.63) is 64.7 Å². The molecule has 3 heteroatoms. The van der Waals surface area contributed by atoms with Gasteiger partial charge >= 0.3 is 0 Å². The zero-order valence-electron chi connectivity index (χ0n) is 10.6. The van der Waals surface area contributed by atoms with E-state index in [1.807, 2.05) is 30.3 Å². The average molecular weight is 274 g/mol. The van der Waals surface area contributed by atoms with Crippen LogP contribution >= 0.6 is 11.6 Å². The molecule has 1 aliphatic rings. The van der Waals surface area contributed by atoms with Crippen molar-refractivity contribution in [1.29, 1.82) is 0 Å². The fourth-order valence-electron chi connectivity index (χ4n) is 2.73. The summed E-state index contributed by atoms with van der Waals surface area (Å²) in [6.07, 6.45) is 0.935. The van der Waals surface area contributed by atoms with E-state index in [-0.39, 0.29) is 5.41 Å². The monoisotopic (exact) mass is 273 g/mol. The van der Waals surface area contributed by atoms with Crippen molar-refractivity contribution in [2.24, 2.45) is 0 Å². The Morgan fingerprint density at radius 3 is 2.32 bits per heavy atom. The zero-order chi connectivity index (χ0) is 13.3. The summed E-state index contributed by atoms with van der Waals surface area (Å²) < 4.78 is 0. The summed E-state index contributed by atoms with van der Waals surface area (Å²) in [6.45, 7) is 1.88. The number of rotatable bonds is 3. The van der Waals surface area contributed by atoms with Crippen LogP contribution in [-0.4, -0.2) is 18.2 Å². The van der Waals surface area contributed by atoms with Gasteiger partial charge < -0.3 is 10.4 Å². The maximum Gasteiger partial charge on any atom is 0.115 e. The fourth-order valence-corrected chi connectivity index (χ4v) is 3.07. The lowest BCUT2D eigenvalue weighted by Crippen LogP contribution is -2.58. The summed E-state index contributed by atoms with van der Waals surface area (Å²) in [6, 6.07) is 15.5. The van der Waals surface area contributed by atoms with Crippen LogP contribution in [0.5, 0.6) is 5.75 Å². The lowest BCUT2D eigenvalue weighted by molar-refractivity contribution is 0.275.